The number of likely N-dealkylation sites (tertiary alicyclic amines) is 2. The summed E-state index contributed by atoms with van der Waals surface area (Å²) in [4.78, 5) is 46.1. The highest BCUT2D eigenvalue weighted by atomic mass is 16.6. The number of nitrogens with one attached hydrogen (secondary N) is 1. The molecule has 0 aromatic heterocycles. The summed E-state index contributed by atoms with van der Waals surface area (Å²) >= 11 is 0. The zero-order chi connectivity index (χ0) is 29.7. The fraction of sp³-hybridized carbons (Fsp3) is 0.719. The van der Waals surface area contributed by atoms with Crippen LogP contribution < -0.4 is 5.32 Å². The molecule has 1 aliphatic carbocycles. The molecule has 1 aromatic carbocycles. The first-order chi connectivity index (χ1) is 19.4. The monoisotopic (exact) mass is 570 g/mol. The maximum atomic E-state index is 14.2. The molecule has 9 nitrogen and oxygen atoms in total. The van der Waals surface area contributed by atoms with Gasteiger partial charge in [0.05, 0.1) is 0 Å². The van der Waals surface area contributed by atoms with Gasteiger partial charge in [0.25, 0.3) is 0 Å². The average molecular weight is 571 g/mol. The number of hydrogen-bond acceptors (Lipinski definition) is 6. The maximum absolute atomic E-state index is 14.2. The highest BCUT2D eigenvalue weighted by Gasteiger charge is 2.44. The summed E-state index contributed by atoms with van der Waals surface area (Å²) in [6.07, 6.45) is 7.55. The molecule has 0 radical (unpaired) electrons. The largest absolute Gasteiger partial charge is 0.508 e. The van der Waals surface area contributed by atoms with Crippen LogP contribution in [0.2, 0.25) is 0 Å². The molecule has 2 heterocycles. The van der Waals surface area contributed by atoms with Crippen LogP contribution in [0.3, 0.4) is 0 Å². The first-order valence-electron chi connectivity index (χ1n) is 15.5. The van der Waals surface area contributed by atoms with Crippen LogP contribution in [0.5, 0.6) is 5.75 Å². The molecular formula is C32H50N4O5. The molecule has 4 atom stereocenters. The number of piperidine rings is 1. The van der Waals surface area contributed by atoms with E-state index < -0.39 is 23.8 Å². The normalized spacial score (nSPS) is 23.4. The Kier molecular flexibility index (Phi) is 10.2. The first kappa shape index (κ1) is 31.1. The summed E-state index contributed by atoms with van der Waals surface area (Å²) in [5.74, 6) is 0.582. The number of carbonyl (C=O) groups is 3. The van der Waals surface area contributed by atoms with Crippen molar-refractivity contribution in [2.75, 3.05) is 33.2 Å². The lowest BCUT2D eigenvalue weighted by Crippen LogP contribution is -2.59. The lowest BCUT2D eigenvalue weighted by Gasteiger charge is -2.41. The van der Waals surface area contributed by atoms with Crippen molar-refractivity contribution in [3.8, 4) is 5.75 Å². The third-order valence-corrected chi connectivity index (χ3v) is 9.21. The van der Waals surface area contributed by atoms with Crippen LogP contribution >= 0.6 is 0 Å². The lowest BCUT2D eigenvalue weighted by molar-refractivity contribution is -0.141. The van der Waals surface area contributed by atoms with Crippen molar-refractivity contribution in [1.29, 1.82) is 0 Å². The lowest BCUT2D eigenvalue weighted by atomic mass is 9.83. The van der Waals surface area contributed by atoms with Gasteiger partial charge in [0.15, 0.2) is 0 Å². The summed E-state index contributed by atoms with van der Waals surface area (Å²) in [7, 11) is 1.57. The molecule has 4 rings (SSSR count). The minimum Gasteiger partial charge on any atom is -0.508 e. The number of hydrogen-bond donors (Lipinski definition) is 2. The van der Waals surface area contributed by atoms with Gasteiger partial charge in [-0.25, -0.2) is 4.79 Å². The molecular weight excluding hydrogens is 520 g/mol. The fourth-order valence-electron chi connectivity index (χ4n) is 6.60. The zero-order valence-corrected chi connectivity index (χ0v) is 25.6. The van der Waals surface area contributed by atoms with Crippen LogP contribution in [0.1, 0.15) is 78.2 Å². The van der Waals surface area contributed by atoms with Crippen LogP contribution in [-0.4, -0.2) is 94.7 Å². The van der Waals surface area contributed by atoms with Gasteiger partial charge in [0.1, 0.15) is 23.4 Å². The molecule has 3 amide bonds. The molecule has 2 aliphatic heterocycles. The minimum absolute atomic E-state index is 0.0326. The topological polar surface area (TPSA) is 102 Å². The van der Waals surface area contributed by atoms with Crippen molar-refractivity contribution in [2.24, 2.45) is 11.8 Å². The number of nitrogens with zero attached hydrogens (tertiary/aromatic N) is 3. The number of ether oxygens (including phenoxy) is 1. The van der Waals surface area contributed by atoms with Gasteiger partial charge in [-0.15, -0.1) is 0 Å². The van der Waals surface area contributed by atoms with E-state index in [9.17, 15) is 19.5 Å². The van der Waals surface area contributed by atoms with Gasteiger partial charge in [-0.3, -0.25) is 14.5 Å². The highest BCUT2D eigenvalue weighted by molar-refractivity contribution is 5.91. The van der Waals surface area contributed by atoms with Crippen molar-refractivity contribution in [2.45, 2.75) is 103 Å². The number of phenolic OH excluding ortho intramolecular Hbond substituents is 1. The van der Waals surface area contributed by atoms with Gasteiger partial charge in [-0.1, -0.05) is 31.4 Å². The van der Waals surface area contributed by atoms with Crippen molar-refractivity contribution >= 4 is 17.9 Å². The minimum atomic E-state index is -0.764. The van der Waals surface area contributed by atoms with Crippen molar-refractivity contribution in [3.63, 3.8) is 0 Å². The Hall–Kier alpha value is -2.81. The van der Waals surface area contributed by atoms with E-state index in [4.69, 9.17) is 4.74 Å². The van der Waals surface area contributed by atoms with Gasteiger partial charge < -0.3 is 25.0 Å². The number of carbonyl (C=O) groups excluding carboxylic acids is 3. The fourth-order valence-corrected chi connectivity index (χ4v) is 6.60. The number of fused-ring (bicyclic) bond motifs is 1. The molecule has 0 bridgehead atoms. The van der Waals surface area contributed by atoms with Crippen molar-refractivity contribution in [1.82, 2.24) is 20.0 Å². The van der Waals surface area contributed by atoms with Crippen LogP contribution in [0, 0.1) is 11.8 Å². The number of likely N-dealkylation sites (N-methyl/N-ethyl adjacent to an activating group) is 1. The van der Waals surface area contributed by atoms with Gasteiger partial charge in [0.2, 0.25) is 11.8 Å². The molecule has 228 valence electrons. The van der Waals surface area contributed by atoms with Crippen molar-refractivity contribution in [3.05, 3.63) is 29.8 Å². The van der Waals surface area contributed by atoms with Gasteiger partial charge >= 0.3 is 6.09 Å². The quantitative estimate of drug-likeness (QED) is 0.486. The Balaban J connectivity index is 1.42. The van der Waals surface area contributed by atoms with Crippen LogP contribution in [-0.2, 0) is 20.7 Å². The standard InChI is InChI=1S/C32H50N4O5/c1-22(34(5)31(40)41-32(2,3)4)29(38)33-28(25-9-7-6-8-10-25)30(39)36-20-17-24-16-19-35(21-27(24)36)18-15-23-11-13-26(37)14-12-23/h11-14,22,24-25,27-28,37H,6-10,15-21H2,1-5H3,(H,33,38)/t22-,24?,27?,28-/m0/s1. The summed E-state index contributed by atoms with van der Waals surface area (Å²) in [5.41, 5.74) is 0.529. The second-order valence-electron chi connectivity index (χ2n) is 13.3. The Morgan fingerprint density at radius 3 is 2.37 bits per heavy atom. The van der Waals surface area contributed by atoms with Crippen LogP contribution in [0.25, 0.3) is 0 Å². The molecule has 2 N–H and O–H groups in total. The zero-order valence-electron chi connectivity index (χ0n) is 25.6. The molecule has 2 saturated heterocycles. The molecule has 3 fully saturated rings. The third kappa shape index (κ3) is 8.15. The molecule has 0 spiro atoms. The van der Waals surface area contributed by atoms with E-state index in [0.29, 0.717) is 5.92 Å². The second-order valence-corrected chi connectivity index (χ2v) is 13.3. The summed E-state index contributed by atoms with van der Waals surface area (Å²) in [6.45, 7) is 10.6. The van der Waals surface area contributed by atoms with E-state index in [0.717, 1.165) is 77.5 Å². The van der Waals surface area contributed by atoms with E-state index >= 15 is 0 Å². The average Bonchev–Trinajstić information content (AvgIpc) is 3.37. The van der Waals surface area contributed by atoms with Gasteiger partial charge in [0, 0.05) is 32.7 Å². The molecule has 2 unspecified atom stereocenters. The smallest absolute Gasteiger partial charge is 0.410 e. The molecule has 1 saturated carbocycles. The Labute approximate surface area is 245 Å². The first-order valence-corrected chi connectivity index (χ1v) is 15.5. The summed E-state index contributed by atoms with van der Waals surface area (Å²) in [6, 6.07) is 6.19. The van der Waals surface area contributed by atoms with Crippen LogP contribution in [0.15, 0.2) is 24.3 Å². The number of amides is 3. The predicted molar refractivity (Wildman–Crippen MR) is 158 cm³/mol. The SMILES string of the molecule is C[C@@H](C(=O)N[C@H](C(=O)N1CCC2CCN(CCc3ccc(O)cc3)CC21)C1CCCCC1)N(C)C(=O)OC(C)(C)C. The van der Waals surface area contributed by atoms with Gasteiger partial charge in [-0.05, 0) is 95.9 Å². The highest BCUT2D eigenvalue weighted by Crippen LogP contribution is 2.34. The predicted octanol–water partition coefficient (Wildman–Crippen LogP) is 4.18. The molecule has 9 heteroatoms. The second kappa shape index (κ2) is 13.4. The molecule has 41 heavy (non-hydrogen) atoms. The van der Waals surface area contributed by atoms with Gasteiger partial charge in [-0.2, -0.15) is 0 Å². The summed E-state index contributed by atoms with van der Waals surface area (Å²) < 4.78 is 5.46. The molecule has 1 aromatic rings. The Bertz CT molecular complexity index is 1050. The Morgan fingerprint density at radius 1 is 1.05 bits per heavy atom. The van der Waals surface area contributed by atoms with Crippen LogP contribution in [0.4, 0.5) is 4.79 Å². The maximum Gasteiger partial charge on any atom is 0.410 e. The number of benzene rings is 1. The van der Waals surface area contributed by atoms with E-state index in [1.807, 2.05) is 12.1 Å². The number of rotatable bonds is 8. The Morgan fingerprint density at radius 2 is 1.71 bits per heavy atom. The van der Waals surface area contributed by atoms with E-state index in [1.54, 1.807) is 46.9 Å². The third-order valence-electron chi connectivity index (χ3n) is 9.21. The van der Waals surface area contributed by atoms with E-state index in [2.05, 4.69) is 15.1 Å². The van der Waals surface area contributed by atoms with E-state index in [1.165, 1.54) is 10.5 Å². The van der Waals surface area contributed by atoms with Crippen molar-refractivity contribution < 1.29 is 24.2 Å². The summed E-state index contributed by atoms with van der Waals surface area (Å²) in [5, 5.41) is 12.7. The number of phenols is 1. The van der Waals surface area contributed by atoms with E-state index in [-0.39, 0.29) is 29.5 Å². The number of aromatic hydroxyl groups is 1. The molecule has 3 aliphatic rings.